The molecule has 0 saturated carbocycles. The second-order valence-electron chi connectivity index (χ2n) is 8.63. The van der Waals surface area contributed by atoms with Gasteiger partial charge in [-0.3, -0.25) is 13.9 Å². The van der Waals surface area contributed by atoms with Crippen LogP contribution in [0.3, 0.4) is 0 Å². The van der Waals surface area contributed by atoms with Crippen LogP contribution in [0.5, 0.6) is 5.75 Å². The number of anilines is 1. The number of hydrogen-bond acceptors (Lipinski definition) is 5. The van der Waals surface area contributed by atoms with Crippen molar-refractivity contribution in [3.05, 3.63) is 59.9 Å². The Bertz CT molecular complexity index is 1110. The molecule has 35 heavy (non-hydrogen) atoms. The first-order valence-electron chi connectivity index (χ1n) is 11.4. The number of nitrogens with zero attached hydrogens (tertiary/aromatic N) is 2. The van der Waals surface area contributed by atoms with Gasteiger partial charge in [0.15, 0.2) is 0 Å². The predicted molar refractivity (Wildman–Crippen MR) is 134 cm³/mol. The molecule has 192 valence electrons. The maximum absolute atomic E-state index is 13.5. The Morgan fingerprint density at radius 1 is 1.06 bits per heavy atom. The number of benzene rings is 2. The molecule has 8 nitrogen and oxygen atoms in total. The SMILES string of the molecule is CCOc1ccccc1N(CC(=O)N(Cc1ccc(F)cc1)C(C)C(=O)NCC(C)C)S(C)(=O)=O. The number of hydrogen-bond donors (Lipinski definition) is 1. The molecule has 1 N–H and O–H groups in total. The van der Waals surface area contributed by atoms with Gasteiger partial charge in [0.25, 0.3) is 0 Å². The smallest absolute Gasteiger partial charge is 0.244 e. The zero-order valence-electron chi connectivity index (χ0n) is 20.8. The van der Waals surface area contributed by atoms with E-state index in [1.807, 2.05) is 13.8 Å². The van der Waals surface area contributed by atoms with Gasteiger partial charge in [0.05, 0.1) is 18.6 Å². The van der Waals surface area contributed by atoms with Gasteiger partial charge in [0.2, 0.25) is 21.8 Å². The Morgan fingerprint density at radius 2 is 1.69 bits per heavy atom. The molecule has 0 fully saturated rings. The fraction of sp³-hybridized carbons (Fsp3) is 0.440. The third-order valence-electron chi connectivity index (χ3n) is 5.23. The molecule has 0 aliphatic heterocycles. The van der Waals surface area contributed by atoms with Crippen molar-refractivity contribution in [2.45, 2.75) is 40.3 Å². The van der Waals surface area contributed by atoms with Crippen LogP contribution in [0, 0.1) is 11.7 Å². The van der Waals surface area contributed by atoms with E-state index in [0.29, 0.717) is 24.5 Å². The molecule has 1 atom stereocenters. The Kier molecular flexibility index (Phi) is 10.1. The van der Waals surface area contributed by atoms with Gasteiger partial charge >= 0.3 is 0 Å². The number of amides is 2. The highest BCUT2D eigenvalue weighted by Crippen LogP contribution is 2.30. The fourth-order valence-corrected chi connectivity index (χ4v) is 4.21. The van der Waals surface area contributed by atoms with Gasteiger partial charge < -0.3 is 15.0 Å². The monoisotopic (exact) mass is 507 g/mol. The zero-order valence-corrected chi connectivity index (χ0v) is 21.6. The lowest BCUT2D eigenvalue weighted by molar-refractivity contribution is -0.139. The highest BCUT2D eigenvalue weighted by atomic mass is 32.2. The van der Waals surface area contributed by atoms with Crippen LogP contribution in [0.4, 0.5) is 10.1 Å². The maximum Gasteiger partial charge on any atom is 0.244 e. The van der Waals surface area contributed by atoms with Gasteiger partial charge in [-0.15, -0.1) is 0 Å². The molecule has 0 aromatic heterocycles. The second-order valence-corrected chi connectivity index (χ2v) is 10.5. The largest absolute Gasteiger partial charge is 0.492 e. The van der Waals surface area contributed by atoms with E-state index >= 15 is 0 Å². The average molecular weight is 508 g/mol. The molecule has 2 aromatic rings. The summed E-state index contributed by atoms with van der Waals surface area (Å²) in [4.78, 5) is 27.6. The summed E-state index contributed by atoms with van der Waals surface area (Å²) in [7, 11) is -3.88. The van der Waals surface area contributed by atoms with Gasteiger partial charge in [-0.05, 0) is 49.6 Å². The molecule has 0 aliphatic carbocycles. The number of carbonyl (C=O) groups excluding carboxylic acids is 2. The average Bonchev–Trinajstić information content (AvgIpc) is 2.80. The maximum atomic E-state index is 13.5. The van der Waals surface area contributed by atoms with Crippen LogP contribution < -0.4 is 14.4 Å². The van der Waals surface area contributed by atoms with Gasteiger partial charge in [-0.1, -0.05) is 38.1 Å². The number of sulfonamides is 1. The van der Waals surface area contributed by atoms with Crippen LogP contribution >= 0.6 is 0 Å². The van der Waals surface area contributed by atoms with Crippen LogP contribution in [0.1, 0.15) is 33.3 Å². The molecule has 0 bridgehead atoms. The van der Waals surface area contributed by atoms with E-state index in [4.69, 9.17) is 4.74 Å². The quantitative estimate of drug-likeness (QED) is 0.476. The minimum atomic E-state index is -3.88. The van der Waals surface area contributed by atoms with E-state index in [2.05, 4.69) is 5.32 Å². The Labute approximate surface area is 207 Å². The molecule has 0 aliphatic rings. The van der Waals surface area contributed by atoms with E-state index < -0.39 is 34.3 Å². The van der Waals surface area contributed by atoms with Crippen LogP contribution in [0.2, 0.25) is 0 Å². The van der Waals surface area contributed by atoms with Gasteiger partial charge in [-0.2, -0.15) is 0 Å². The number of halogens is 1. The Hall–Kier alpha value is -3.14. The van der Waals surface area contributed by atoms with Crippen LogP contribution in [-0.4, -0.2) is 57.1 Å². The Balaban J connectivity index is 2.40. The predicted octanol–water partition coefficient (Wildman–Crippen LogP) is 3.18. The molecular formula is C25H34FN3O5S. The van der Waals surface area contributed by atoms with E-state index in [9.17, 15) is 22.4 Å². The van der Waals surface area contributed by atoms with Crippen molar-refractivity contribution in [1.82, 2.24) is 10.2 Å². The first-order chi connectivity index (χ1) is 16.4. The molecule has 0 saturated heterocycles. The number of para-hydroxylation sites is 2. The van der Waals surface area contributed by atoms with Crippen molar-refractivity contribution in [3.8, 4) is 5.75 Å². The molecule has 10 heteroatoms. The highest BCUT2D eigenvalue weighted by Gasteiger charge is 2.31. The Morgan fingerprint density at radius 3 is 2.26 bits per heavy atom. The van der Waals surface area contributed by atoms with Gasteiger partial charge in [-0.25, -0.2) is 12.8 Å². The van der Waals surface area contributed by atoms with Crippen molar-refractivity contribution >= 4 is 27.5 Å². The lowest BCUT2D eigenvalue weighted by Gasteiger charge is -2.32. The molecule has 0 spiro atoms. The third-order valence-corrected chi connectivity index (χ3v) is 6.36. The van der Waals surface area contributed by atoms with Crippen molar-refractivity contribution in [2.24, 2.45) is 5.92 Å². The van der Waals surface area contributed by atoms with Crippen LogP contribution in [-0.2, 0) is 26.2 Å². The first-order valence-corrected chi connectivity index (χ1v) is 13.3. The van der Waals surface area contributed by atoms with Crippen molar-refractivity contribution in [2.75, 3.05) is 30.3 Å². The van der Waals surface area contributed by atoms with E-state index in [1.165, 1.54) is 29.2 Å². The van der Waals surface area contributed by atoms with E-state index in [0.717, 1.165) is 10.6 Å². The lowest BCUT2D eigenvalue weighted by atomic mass is 10.1. The van der Waals surface area contributed by atoms with Crippen LogP contribution in [0.15, 0.2) is 48.5 Å². The second kappa shape index (κ2) is 12.5. The molecule has 1 unspecified atom stereocenters. The third kappa shape index (κ3) is 8.24. The van der Waals surface area contributed by atoms with Crippen LogP contribution in [0.25, 0.3) is 0 Å². The van der Waals surface area contributed by atoms with E-state index in [1.54, 1.807) is 38.1 Å². The van der Waals surface area contributed by atoms with Gasteiger partial charge in [0, 0.05) is 13.1 Å². The number of ether oxygens (including phenoxy) is 1. The zero-order chi connectivity index (χ0) is 26.2. The normalized spacial score (nSPS) is 12.2. The minimum absolute atomic E-state index is 0.0000866. The summed E-state index contributed by atoms with van der Waals surface area (Å²) >= 11 is 0. The molecule has 2 rings (SSSR count). The molecule has 2 aromatic carbocycles. The van der Waals surface area contributed by atoms with Crippen molar-refractivity contribution < 1.29 is 27.1 Å². The summed E-state index contributed by atoms with van der Waals surface area (Å²) in [6.45, 7) is 7.46. The standard InChI is InChI=1S/C25H34FN3O5S/c1-6-34-23-10-8-7-9-22(23)29(35(5,32)33)17-24(30)28(16-20-11-13-21(26)14-12-20)19(4)25(31)27-15-18(2)3/h7-14,18-19H,6,15-17H2,1-5H3,(H,27,31). The first kappa shape index (κ1) is 28.1. The highest BCUT2D eigenvalue weighted by molar-refractivity contribution is 7.92. The summed E-state index contributed by atoms with van der Waals surface area (Å²) in [5.74, 6) is -0.845. The number of rotatable bonds is 12. The minimum Gasteiger partial charge on any atom is -0.492 e. The number of carbonyl (C=O) groups is 2. The summed E-state index contributed by atoms with van der Waals surface area (Å²) in [5.41, 5.74) is 0.827. The fourth-order valence-electron chi connectivity index (χ4n) is 3.36. The summed E-state index contributed by atoms with van der Waals surface area (Å²) in [6.07, 6.45) is 1.01. The number of nitrogens with one attached hydrogen (secondary N) is 1. The summed E-state index contributed by atoms with van der Waals surface area (Å²) in [6, 6.07) is 11.2. The molecule has 0 heterocycles. The topological polar surface area (TPSA) is 96.0 Å². The molecule has 0 radical (unpaired) electrons. The van der Waals surface area contributed by atoms with Crippen molar-refractivity contribution in [1.29, 1.82) is 0 Å². The van der Waals surface area contributed by atoms with Crippen molar-refractivity contribution in [3.63, 3.8) is 0 Å². The van der Waals surface area contributed by atoms with Gasteiger partial charge in [0.1, 0.15) is 24.2 Å². The van der Waals surface area contributed by atoms with E-state index in [-0.39, 0.29) is 24.1 Å². The summed E-state index contributed by atoms with van der Waals surface area (Å²) in [5, 5.41) is 2.81. The molecule has 2 amide bonds. The molecular weight excluding hydrogens is 473 g/mol. The summed E-state index contributed by atoms with van der Waals surface area (Å²) < 4.78 is 45.4. The lowest BCUT2D eigenvalue weighted by Crippen LogP contribution is -2.51.